The normalized spacial score (nSPS) is 11.2. The zero-order chi connectivity index (χ0) is 22.9. The smallest absolute Gasteiger partial charge is 0.264 e. The standard InChI is InChI=1S/C18H12F2N8O3S/c1-31-18-14(26-32(29,30)15-4-2-11(19)7-12(15)20)6-10(8-23-18)13-3-5-16-22-9-17(24-27-21)28(16)25-13/h2-9,26H,1H3. The zero-order valence-corrected chi connectivity index (χ0v) is 17.0. The van der Waals surface area contributed by atoms with Gasteiger partial charge in [-0.3, -0.25) is 4.72 Å². The summed E-state index contributed by atoms with van der Waals surface area (Å²) in [6.45, 7) is 0. The van der Waals surface area contributed by atoms with E-state index in [-0.39, 0.29) is 17.4 Å². The predicted octanol–water partition coefficient (Wildman–Crippen LogP) is 3.82. The van der Waals surface area contributed by atoms with Crippen molar-refractivity contribution in [3.05, 3.63) is 70.9 Å². The second kappa shape index (κ2) is 8.09. The Balaban J connectivity index is 1.77. The van der Waals surface area contributed by atoms with E-state index in [9.17, 15) is 17.2 Å². The molecule has 0 spiro atoms. The van der Waals surface area contributed by atoms with Crippen molar-refractivity contribution in [3.8, 4) is 17.1 Å². The number of rotatable bonds is 6. The number of pyridine rings is 1. The van der Waals surface area contributed by atoms with Gasteiger partial charge >= 0.3 is 0 Å². The van der Waals surface area contributed by atoms with Gasteiger partial charge in [0.25, 0.3) is 10.0 Å². The molecular formula is C18H12F2N8O3S. The molecule has 1 aromatic carbocycles. The molecule has 0 aliphatic heterocycles. The van der Waals surface area contributed by atoms with Gasteiger partial charge in [-0.05, 0) is 41.0 Å². The highest BCUT2D eigenvalue weighted by atomic mass is 32.2. The Morgan fingerprint density at radius 1 is 1.16 bits per heavy atom. The number of anilines is 1. The number of hydrogen-bond acceptors (Lipinski definition) is 7. The molecule has 4 rings (SSSR count). The third-order valence-corrected chi connectivity index (χ3v) is 5.66. The van der Waals surface area contributed by atoms with Crippen LogP contribution in [0.2, 0.25) is 0 Å². The number of nitrogens with zero attached hydrogens (tertiary/aromatic N) is 7. The number of halogens is 2. The van der Waals surface area contributed by atoms with Crippen LogP contribution in [0.4, 0.5) is 20.3 Å². The monoisotopic (exact) mass is 458 g/mol. The number of fused-ring (bicyclic) bond motifs is 1. The molecule has 0 atom stereocenters. The van der Waals surface area contributed by atoms with E-state index in [4.69, 9.17) is 10.3 Å². The van der Waals surface area contributed by atoms with Crippen molar-refractivity contribution >= 4 is 27.2 Å². The molecular weight excluding hydrogens is 446 g/mol. The molecule has 4 aromatic rings. The van der Waals surface area contributed by atoms with Crippen molar-refractivity contribution in [2.24, 2.45) is 5.11 Å². The summed E-state index contributed by atoms with van der Waals surface area (Å²) in [5.74, 6) is -2.10. The zero-order valence-electron chi connectivity index (χ0n) is 16.1. The van der Waals surface area contributed by atoms with Gasteiger partial charge in [-0.1, -0.05) is 0 Å². The Hall–Kier alpha value is -4.29. The Morgan fingerprint density at radius 2 is 1.97 bits per heavy atom. The van der Waals surface area contributed by atoms with Gasteiger partial charge in [-0.15, -0.1) is 0 Å². The second-order valence-electron chi connectivity index (χ2n) is 6.26. The Kier molecular flexibility index (Phi) is 5.30. The van der Waals surface area contributed by atoms with Gasteiger partial charge in [-0.2, -0.15) is 5.10 Å². The first kappa shape index (κ1) is 21.0. The van der Waals surface area contributed by atoms with Crippen LogP contribution in [0.1, 0.15) is 0 Å². The van der Waals surface area contributed by atoms with E-state index < -0.39 is 26.6 Å². The number of hydrogen-bond donors (Lipinski definition) is 1. The molecule has 0 fully saturated rings. The minimum atomic E-state index is -4.43. The fourth-order valence-electron chi connectivity index (χ4n) is 2.85. The number of imidazole rings is 1. The first-order valence-corrected chi connectivity index (χ1v) is 10.2. The van der Waals surface area contributed by atoms with Crippen molar-refractivity contribution in [2.75, 3.05) is 11.8 Å². The number of ether oxygens (including phenoxy) is 1. The van der Waals surface area contributed by atoms with Crippen molar-refractivity contribution in [2.45, 2.75) is 4.90 Å². The molecule has 0 saturated carbocycles. The Labute approximate surface area is 179 Å². The van der Waals surface area contributed by atoms with Crippen LogP contribution in [0.3, 0.4) is 0 Å². The van der Waals surface area contributed by atoms with E-state index >= 15 is 0 Å². The minimum Gasteiger partial charge on any atom is -0.480 e. The summed E-state index contributed by atoms with van der Waals surface area (Å²) in [6, 6.07) is 6.69. The van der Waals surface area contributed by atoms with Gasteiger partial charge < -0.3 is 4.74 Å². The predicted molar refractivity (Wildman–Crippen MR) is 109 cm³/mol. The molecule has 0 amide bonds. The highest BCUT2D eigenvalue weighted by Gasteiger charge is 2.22. The topological polar surface area (TPSA) is 147 Å². The van der Waals surface area contributed by atoms with Gasteiger partial charge in [0.1, 0.15) is 28.0 Å². The summed E-state index contributed by atoms with van der Waals surface area (Å²) in [6.07, 6.45) is 2.72. The quantitative estimate of drug-likeness (QED) is 0.264. The molecule has 11 nitrogen and oxygen atoms in total. The number of sulfonamides is 1. The number of nitrogens with one attached hydrogen (secondary N) is 1. The van der Waals surface area contributed by atoms with Gasteiger partial charge in [0.2, 0.25) is 5.88 Å². The molecule has 162 valence electrons. The van der Waals surface area contributed by atoms with E-state index in [2.05, 4.69) is 29.8 Å². The molecule has 3 aromatic heterocycles. The van der Waals surface area contributed by atoms with Gasteiger partial charge in [-0.25, -0.2) is 31.7 Å². The summed E-state index contributed by atoms with van der Waals surface area (Å²) in [7, 11) is -3.16. The van der Waals surface area contributed by atoms with Gasteiger partial charge in [0.15, 0.2) is 5.65 Å². The molecule has 1 N–H and O–H groups in total. The second-order valence-corrected chi connectivity index (χ2v) is 7.91. The lowest BCUT2D eigenvalue weighted by atomic mass is 10.2. The highest BCUT2D eigenvalue weighted by Crippen LogP contribution is 2.30. The van der Waals surface area contributed by atoms with Gasteiger partial charge in [0, 0.05) is 22.7 Å². The van der Waals surface area contributed by atoms with Crippen LogP contribution >= 0.6 is 0 Å². The summed E-state index contributed by atoms with van der Waals surface area (Å²) < 4.78 is 61.1. The van der Waals surface area contributed by atoms with Crippen LogP contribution in [0.25, 0.3) is 27.3 Å². The van der Waals surface area contributed by atoms with Crippen LogP contribution in [0.15, 0.2) is 58.8 Å². The van der Waals surface area contributed by atoms with E-state index in [1.54, 1.807) is 12.1 Å². The largest absolute Gasteiger partial charge is 0.480 e. The molecule has 14 heteroatoms. The van der Waals surface area contributed by atoms with Crippen LogP contribution in [0, 0.1) is 11.6 Å². The number of methoxy groups -OCH3 is 1. The Morgan fingerprint density at radius 3 is 2.69 bits per heavy atom. The lowest BCUT2D eigenvalue weighted by molar-refractivity contribution is 0.400. The highest BCUT2D eigenvalue weighted by molar-refractivity contribution is 7.92. The van der Waals surface area contributed by atoms with Crippen LogP contribution in [-0.2, 0) is 10.0 Å². The molecule has 3 heterocycles. The summed E-state index contributed by atoms with van der Waals surface area (Å²) in [4.78, 5) is 10.1. The van der Waals surface area contributed by atoms with E-state index in [0.29, 0.717) is 23.0 Å². The molecule has 0 radical (unpaired) electrons. The average molecular weight is 458 g/mol. The summed E-state index contributed by atoms with van der Waals surface area (Å²) in [5.41, 5.74) is 9.70. The van der Waals surface area contributed by atoms with Crippen molar-refractivity contribution < 1.29 is 21.9 Å². The molecule has 0 aliphatic rings. The lowest BCUT2D eigenvalue weighted by Gasteiger charge is -2.13. The average Bonchev–Trinajstić information content (AvgIpc) is 3.15. The fourth-order valence-corrected chi connectivity index (χ4v) is 3.96. The number of aromatic nitrogens is 4. The summed E-state index contributed by atoms with van der Waals surface area (Å²) in [5, 5.41) is 7.83. The maximum absolute atomic E-state index is 14.0. The van der Waals surface area contributed by atoms with E-state index in [1.165, 1.54) is 30.1 Å². The van der Waals surface area contributed by atoms with Crippen molar-refractivity contribution in [3.63, 3.8) is 0 Å². The SMILES string of the molecule is COc1ncc(-c2ccc3ncc(N=[N+]=[N-])n3n2)cc1NS(=O)(=O)c1ccc(F)cc1F. The summed E-state index contributed by atoms with van der Waals surface area (Å²) >= 11 is 0. The van der Waals surface area contributed by atoms with Crippen molar-refractivity contribution in [1.29, 1.82) is 0 Å². The molecule has 0 saturated heterocycles. The maximum Gasteiger partial charge on any atom is 0.264 e. The maximum atomic E-state index is 14.0. The van der Waals surface area contributed by atoms with E-state index in [1.807, 2.05) is 0 Å². The molecule has 0 aliphatic carbocycles. The third kappa shape index (κ3) is 3.87. The molecule has 0 bridgehead atoms. The van der Waals surface area contributed by atoms with Crippen LogP contribution in [-0.4, -0.2) is 35.1 Å². The van der Waals surface area contributed by atoms with Gasteiger partial charge in [0.05, 0.1) is 19.0 Å². The fraction of sp³-hybridized carbons (Fsp3) is 0.0556. The lowest BCUT2D eigenvalue weighted by Crippen LogP contribution is -2.16. The molecule has 32 heavy (non-hydrogen) atoms. The van der Waals surface area contributed by atoms with E-state index in [0.717, 1.165) is 12.1 Å². The third-order valence-electron chi connectivity index (χ3n) is 4.26. The minimum absolute atomic E-state index is 0.0849. The molecule has 0 unspecified atom stereocenters. The first-order chi connectivity index (χ1) is 15.3. The Bertz CT molecular complexity index is 1500. The van der Waals surface area contributed by atoms with Crippen LogP contribution < -0.4 is 9.46 Å². The van der Waals surface area contributed by atoms with Crippen LogP contribution in [0.5, 0.6) is 5.88 Å². The first-order valence-electron chi connectivity index (χ1n) is 8.74. The van der Waals surface area contributed by atoms with Crippen molar-refractivity contribution in [1.82, 2.24) is 19.6 Å². The number of benzene rings is 1. The number of azide groups is 1.